The molecule has 0 unspecified atom stereocenters. The molecule has 65 heavy (non-hydrogen) atoms. The van der Waals surface area contributed by atoms with E-state index in [4.69, 9.17) is 14.2 Å². The smallest absolute Gasteiger partial charge is 0.306 e. The van der Waals surface area contributed by atoms with E-state index in [1.165, 1.54) is 161 Å². The summed E-state index contributed by atoms with van der Waals surface area (Å²) in [4.78, 5) is 38.0. The lowest BCUT2D eigenvalue weighted by molar-refractivity contribution is -0.167. The summed E-state index contributed by atoms with van der Waals surface area (Å²) in [7, 11) is 0. The van der Waals surface area contributed by atoms with Gasteiger partial charge in [-0.1, -0.05) is 210 Å². The molecular formula is C59H104O6. The molecule has 0 spiro atoms. The minimum atomic E-state index is -0.798. The summed E-state index contributed by atoms with van der Waals surface area (Å²) >= 11 is 0. The van der Waals surface area contributed by atoms with E-state index in [0.717, 1.165) is 70.6 Å². The molecule has 6 nitrogen and oxygen atoms in total. The predicted octanol–water partition coefficient (Wildman–Crippen LogP) is 18.4. The zero-order valence-electron chi connectivity index (χ0n) is 43.0. The van der Waals surface area contributed by atoms with Gasteiger partial charge in [-0.05, 0) is 109 Å². The van der Waals surface area contributed by atoms with Gasteiger partial charge in [-0.2, -0.15) is 0 Å². The van der Waals surface area contributed by atoms with Crippen LogP contribution < -0.4 is 0 Å². The maximum absolute atomic E-state index is 12.8. The SMILES string of the molecule is CCCCC/C=C\C/C=C\C/C=C\CCCCC(=O)O[C@H](COC(=O)CCCCCCC/C=C\CCCCCC)COC(=O)CCCCCCCCC/C=C\CCCCCCCCCC. The Morgan fingerprint density at radius 3 is 0.954 bits per heavy atom. The van der Waals surface area contributed by atoms with E-state index >= 15 is 0 Å². The molecule has 0 aromatic rings. The van der Waals surface area contributed by atoms with Crippen molar-refractivity contribution in [3.05, 3.63) is 60.8 Å². The number of hydrogen-bond acceptors (Lipinski definition) is 6. The number of ether oxygens (including phenoxy) is 3. The van der Waals surface area contributed by atoms with E-state index in [0.29, 0.717) is 19.3 Å². The van der Waals surface area contributed by atoms with Crippen molar-refractivity contribution in [1.82, 2.24) is 0 Å². The topological polar surface area (TPSA) is 78.9 Å². The molecule has 0 fully saturated rings. The zero-order valence-corrected chi connectivity index (χ0v) is 43.0. The Labute approximate surface area is 402 Å². The standard InChI is InChI=1S/C59H104O6/c1-4-7-10-13-16-19-22-25-27-28-29-30-32-34-37-40-43-46-49-52-58(61)64-55-56(54-63-57(60)51-48-45-42-39-36-33-24-21-18-15-12-9-6-3)65-59(62)53-50-47-44-41-38-35-31-26-23-20-17-14-11-8-5-2/h17,20-21,24,26,28-29,31,38,41,56H,4-16,18-19,22-23,25,27,30,32-37,39-40,42-55H2,1-3H3/b20-17-,24-21-,29-28-,31-26-,41-38-/t56-/m1/s1. The van der Waals surface area contributed by atoms with Gasteiger partial charge < -0.3 is 14.2 Å². The third kappa shape index (κ3) is 51.9. The molecule has 0 heterocycles. The molecule has 0 radical (unpaired) electrons. The highest BCUT2D eigenvalue weighted by Gasteiger charge is 2.19. The van der Waals surface area contributed by atoms with Gasteiger partial charge in [-0.3, -0.25) is 14.4 Å². The van der Waals surface area contributed by atoms with Crippen LogP contribution in [0.15, 0.2) is 60.8 Å². The fourth-order valence-electron chi connectivity index (χ4n) is 7.73. The van der Waals surface area contributed by atoms with Gasteiger partial charge in [0.15, 0.2) is 6.10 Å². The van der Waals surface area contributed by atoms with Crippen molar-refractivity contribution < 1.29 is 28.6 Å². The van der Waals surface area contributed by atoms with E-state index in [9.17, 15) is 14.4 Å². The largest absolute Gasteiger partial charge is 0.462 e. The summed E-state index contributed by atoms with van der Waals surface area (Å²) in [6.07, 6.45) is 66.4. The Morgan fingerprint density at radius 2 is 0.554 bits per heavy atom. The fraction of sp³-hybridized carbons (Fsp3) is 0.780. The van der Waals surface area contributed by atoms with Gasteiger partial charge in [0, 0.05) is 19.3 Å². The Balaban J connectivity index is 4.41. The summed E-state index contributed by atoms with van der Waals surface area (Å²) in [5, 5.41) is 0. The predicted molar refractivity (Wildman–Crippen MR) is 279 cm³/mol. The van der Waals surface area contributed by atoms with Crippen LogP contribution in [0.2, 0.25) is 0 Å². The van der Waals surface area contributed by atoms with Crippen molar-refractivity contribution in [2.45, 2.75) is 284 Å². The van der Waals surface area contributed by atoms with E-state index < -0.39 is 6.10 Å². The van der Waals surface area contributed by atoms with E-state index in [1.54, 1.807) is 0 Å². The normalized spacial score (nSPS) is 12.5. The van der Waals surface area contributed by atoms with Gasteiger partial charge in [-0.15, -0.1) is 0 Å². The molecule has 0 N–H and O–H groups in total. The third-order valence-corrected chi connectivity index (χ3v) is 12.0. The highest BCUT2D eigenvalue weighted by Crippen LogP contribution is 2.14. The quantitative estimate of drug-likeness (QED) is 0.0262. The van der Waals surface area contributed by atoms with Crippen molar-refractivity contribution in [2.75, 3.05) is 13.2 Å². The van der Waals surface area contributed by atoms with Crippen LogP contribution in [-0.4, -0.2) is 37.2 Å². The molecule has 376 valence electrons. The average Bonchev–Trinajstić information content (AvgIpc) is 3.30. The maximum atomic E-state index is 12.8. The highest BCUT2D eigenvalue weighted by molar-refractivity contribution is 5.71. The number of rotatable bonds is 50. The summed E-state index contributed by atoms with van der Waals surface area (Å²) in [6.45, 7) is 6.57. The lowest BCUT2D eigenvalue weighted by atomic mass is 10.1. The molecule has 0 aromatic carbocycles. The van der Waals surface area contributed by atoms with Crippen molar-refractivity contribution in [2.24, 2.45) is 0 Å². The first-order valence-corrected chi connectivity index (χ1v) is 27.8. The van der Waals surface area contributed by atoms with Gasteiger partial charge in [0.25, 0.3) is 0 Å². The van der Waals surface area contributed by atoms with E-state index in [2.05, 4.69) is 81.5 Å². The van der Waals surface area contributed by atoms with Crippen LogP contribution in [0, 0.1) is 0 Å². The van der Waals surface area contributed by atoms with E-state index in [1.807, 2.05) is 0 Å². The lowest BCUT2D eigenvalue weighted by Crippen LogP contribution is -2.30. The van der Waals surface area contributed by atoms with Crippen molar-refractivity contribution >= 4 is 17.9 Å². The minimum Gasteiger partial charge on any atom is -0.462 e. The van der Waals surface area contributed by atoms with Crippen molar-refractivity contribution in [3.8, 4) is 0 Å². The third-order valence-electron chi connectivity index (χ3n) is 12.0. The first-order chi connectivity index (χ1) is 32.0. The maximum Gasteiger partial charge on any atom is 0.306 e. The average molecular weight is 909 g/mol. The van der Waals surface area contributed by atoms with Gasteiger partial charge in [0.1, 0.15) is 13.2 Å². The number of carbonyl (C=O) groups excluding carboxylic acids is 3. The summed E-state index contributed by atoms with van der Waals surface area (Å²) in [5.41, 5.74) is 0. The minimum absolute atomic E-state index is 0.0937. The first-order valence-electron chi connectivity index (χ1n) is 27.8. The van der Waals surface area contributed by atoms with Gasteiger partial charge in [-0.25, -0.2) is 0 Å². The monoisotopic (exact) mass is 909 g/mol. The van der Waals surface area contributed by atoms with Crippen LogP contribution >= 0.6 is 0 Å². The Bertz CT molecular complexity index is 1180. The molecule has 0 saturated carbocycles. The lowest BCUT2D eigenvalue weighted by Gasteiger charge is -2.18. The molecule has 1 atom stereocenters. The van der Waals surface area contributed by atoms with Crippen LogP contribution in [0.5, 0.6) is 0 Å². The molecule has 0 saturated heterocycles. The Morgan fingerprint density at radius 1 is 0.308 bits per heavy atom. The first kappa shape index (κ1) is 62.1. The molecular weight excluding hydrogens is 805 g/mol. The molecule has 0 aliphatic carbocycles. The van der Waals surface area contributed by atoms with Crippen LogP contribution in [-0.2, 0) is 28.6 Å². The molecule has 0 bridgehead atoms. The van der Waals surface area contributed by atoms with Gasteiger partial charge in [0.2, 0.25) is 0 Å². The molecule has 0 aliphatic heterocycles. The molecule has 6 heteroatoms. The number of unbranched alkanes of at least 4 members (excludes halogenated alkanes) is 29. The van der Waals surface area contributed by atoms with E-state index in [-0.39, 0.29) is 37.5 Å². The van der Waals surface area contributed by atoms with Crippen LogP contribution in [0.4, 0.5) is 0 Å². The zero-order chi connectivity index (χ0) is 47.2. The van der Waals surface area contributed by atoms with Crippen molar-refractivity contribution in [3.63, 3.8) is 0 Å². The number of esters is 3. The molecule has 0 amide bonds. The van der Waals surface area contributed by atoms with Crippen molar-refractivity contribution in [1.29, 1.82) is 0 Å². The second-order valence-corrected chi connectivity index (χ2v) is 18.5. The second kappa shape index (κ2) is 53.7. The summed E-state index contributed by atoms with van der Waals surface area (Å²) in [5.74, 6) is -0.938. The highest BCUT2D eigenvalue weighted by atomic mass is 16.6. The Kier molecular flexibility index (Phi) is 51.3. The molecule has 0 rings (SSSR count). The van der Waals surface area contributed by atoms with Gasteiger partial charge >= 0.3 is 17.9 Å². The molecule has 0 aliphatic rings. The van der Waals surface area contributed by atoms with Crippen LogP contribution in [0.3, 0.4) is 0 Å². The number of allylic oxidation sites excluding steroid dienone is 10. The summed E-state index contributed by atoms with van der Waals surface area (Å²) in [6, 6.07) is 0. The number of carbonyl (C=O) groups is 3. The summed E-state index contributed by atoms with van der Waals surface area (Å²) < 4.78 is 16.8. The number of hydrogen-bond donors (Lipinski definition) is 0. The van der Waals surface area contributed by atoms with Gasteiger partial charge in [0.05, 0.1) is 0 Å². The fourth-order valence-corrected chi connectivity index (χ4v) is 7.73. The Hall–Kier alpha value is -2.89. The second-order valence-electron chi connectivity index (χ2n) is 18.5. The van der Waals surface area contributed by atoms with Crippen LogP contribution in [0.1, 0.15) is 278 Å². The molecule has 0 aromatic heterocycles. The van der Waals surface area contributed by atoms with Crippen LogP contribution in [0.25, 0.3) is 0 Å².